The van der Waals surface area contributed by atoms with E-state index in [0.717, 1.165) is 24.3 Å². The van der Waals surface area contributed by atoms with Crippen molar-refractivity contribution in [3.8, 4) is 0 Å². The van der Waals surface area contributed by atoms with Crippen molar-refractivity contribution in [3.63, 3.8) is 0 Å². The first-order valence-corrected chi connectivity index (χ1v) is 6.62. The van der Waals surface area contributed by atoms with Crippen molar-refractivity contribution in [2.45, 2.75) is 12.4 Å². The molecule has 0 unspecified atom stereocenters. The summed E-state index contributed by atoms with van der Waals surface area (Å²) in [6.07, 6.45) is -8.80. The highest BCUT2D eigenvalue weighted by atomic mass is 31.1. The van der Waals surface area contributed by atoms with Gasteiger partial charge in [0.1, 0.15) is 0 Å². The summed E-state index contributed by atoms with van der Waals surface area (Å²) in [7, 11) is 0.547. The van der Waals surface area contributed by atoms with E-state index in [1.165, 1.54) is 24.3 Å². The molecule has 0 heterocycles. The molecule has 0 atom stereocenters. The lowest BCUT2D eigenvalue weighted by molar-refractivity contribution is -0.138. The summed E-state index contributed by atoms with van der Waals surface area (Å²) in [6.45, 7) is 0. The average molecular weight is 339 g/mol. The summed E-state index contributed by atoms with van der Waals surface area (Å²) in [5, 5.41) is 1.14. The molecular formula is C14H10F6OP. The third-order valence-electron chi connectivity index (χ3n) is 2.65. The summed E-state index contributed by atoms with van der Waals surface area (Å²) in [5.74, 6) is 0. The summed E-state index contributed by atoms with van der Waals surface area (Å²) >= 11 is 0. The smallest absolute Gasteiger partial charge is 0.412 e. The van der Waals surface area contributed by atoms with Crippen molar-refractivity contribution in [1.82, 2.24) is 0 Å². The molecule has 0 bridgehead atoms. The van der Waals surface area contributed by atoms with Gasteiger partial charge in [-0.1, -0.05) is 24.3 Å². The van der Waals surface area contributed by atoms with E-state index in [0.29, 0.717) is 19.2 Å². The quantitative estimate of drug-likeness (QED) is 0.589. The molecule has 0 aliphatic rings. The Morgan fingerprint density at radius 3 is 1.05 bits per heavy atom. The van der Waals surface area contributed by atoms with Crippen LogP contribution >= 0.6 is 8.58 Å². The van der Waals surface area contributed by atoms with Crippen LogP contribution < -0.4 is 10.6 Å². The number of benzene rings is 2. The maximum atomic E-state index is 12.4. The molecule has 0 fully saturated rings. The van der Waals surface area contributed by atoms with E-state index in [9.17, 15) is 26.3 Å². The molecule has 0 amide bonds. The van der Waals surface area contributed by atoms with Gasteiger partial charge in [-0.15, -0.1) is 0 Å². The van der Waals surface area contributed by atoms with Gasteiger partial charge in [-0.05, 0) is 43.5 Å². The third-order valence-corrected chi connectivity index (χ3v) is 3.76. The highest BCUT2D eigenvalue weighted by Gasteiger charge is 2.30. The highest BCUT2D eigenvalue weighted by Crippen LogP contribution is 2.30. The molecule has 2 rings (SSSR count). The predicted octanol–water partition coefficient (Wildman–Crippen LogP) is 3.80. The van der Waals surface area contributed by atoms with E-state index in [1.54, 1.807) is 0 Å². The van der Waals surface area contributed by atoms with Crippen molar-refractivity contribution in [2.24, 2.45) is 0 Å². The van der Waals surface area contributed by atoms with Crippen LogP contribution in [0.15, 0.2) is 48.5 Å². The number of rotatable bonds is 2. The van der Waals surface area contributed by atoms with Crippen LogP contribution in [0.5, 0.6) is 0 Å². The van der Waals surface area contributed by atoms with Gasteiger partial charge >= 0.3 is 12.4 Å². The summed E-state index contributed by atoms with van der Waals surface area (Å²) in [6, 6.07) is 9.03. The van der Waals surface area contributed by atoms with Gasteiger partial charge in [-0.25, -0.2) is 0 Å². The lowest BCUT2D eigenvalue weighted by atomic mass is 10.2. The van der Waals surface area contributed by atoms with Gasteiger partial charge in [0.2, 0.25) is 0 Å². The van der Waals surface area contributed by atoms with Crippen LogP contribution in [-0.2, 0) is 12.4 Å². The highest BCUT2D eigenvalue weighted by molar-refractivity contribution is 7.55. The fourth-order valence-corrected chi connectivity index (χ4v) is 2.49. The Bertz CT molecular complexity index is 546. The monoisotopic (exact) mass is 339 g/mol. The van der Waals surface area contributed by atoms with Crippen molar-refractivity contribution in [3.05, 3.63) is 59.7 Å². The fourth-order valence-electron chi connectivity index (χ4n) is 1.60. The van der Waals surface area contributed by atoms with E-state index in [-0.39, 0.29) is 5.48 Å². The maximum Gasteiger partial charge on any atom is 0.416 e. The minimum absolute atomic E-state index is 0. The van der Waals surface area contributed by atoms with Gasteiger partial charge in [-0.3, -0.25) is 0 Å². The molecule has 0 aliphatic carbocycles. The topological polar surface area (TPSA) is 31.5 Å². The van der Waals surface area contributed by atoms with E-state index in [1.807, 2.05) is 0 Å². The van der Waals surface area contributed by atoms with Crippen LogP contribution in [0.25, 0.3) is 0 Å². The Balaban J connectivity index is 0.00000242. The molecule has 0 aliphatic heterocycles. The molecule has 1 nitrogen and oxygen atoms in total. The minimum Gasteiger partial charge on any atom is -0.412 e. The zero-order chi connectivity index (χ0) is 15.7. The van der Waals surface area contributed by atoms with E-state index < -0.39 is 23.5 Å². The van der Waals surface area contributed by atoms with E-state index in [4.69, 9.17) is 0 Å². The second-order valence-corrected chi connectivity index (χ2v) is 5.46. The average Bonchev–Trinajstić information content (AvgIpc) is 2.38. The van der Waals surface area contributed by atoms with Crippen molar-refractivity contribution in [1.29, 1.82) is 0 Å². The first-order valence-electron chi connectivity index (χ1n) is 5.72. The molecule has 0 saturated heterocycles. The van der Waals surface area contributed by atoms with Gasteiger partial charge in [0, 0.05) is 0 Å². The van der Waals surface area contributed by atoms with Crippen LogP contribution in [0.3, 0.4) is 0 Å². The van der Waals surface area contributed by atoms with Crippen molar-refractivity contribution >= 4 is 19.2 Å². The molecule has 22 heavy (non-hydrogen) atoms. The van der Waals surface area contributed by atoms with Crippen molar-refractivity contribution < 1.29 is 31.8 Å². The van der Waals surface area contributed by atoms with E-state index >= 15 is 0 Å². The molecule has 8 heteroatoms. The number of hydrogen-bond donors (Lipinski definition) is 0. The zero-order valence-electron chi connectivity index (χ0n) is 10.8. The van der Waals surface area contributed by atoms with Crippen molar-refractivity contribution in [2.75, 3.05) is 0 Å². The summed E-state index contributed by atoms with van der Waals surface area (Å²) < 4.78 is 74.4. The van der Waals surface area contributed by atoms with E-state index in [2.05, 4.69) is 0 Å². The third kappa shape index (κ3) is 4.71. The van der Waals surface area contributed by atoms with Crippen LogP contribution in [0.1, 0.15) is 11.1 Å². The van der Waals surface area contributed by atoms with Gasteiger partial charge in [0.05, 0.1) is 11.1 Å². The number of halogens is 6. The zero-order valence-corrected chi connectivity index (χ0v) is 11.7. The largest absolute Gasteiger partial charge is 0.416 e. The molecule has 0 spiro atoms. The second kappa shape index (κ2) is 6.67. The van der Waals surface area contributed by atoms with Crippen LogP contribution in [0.4, 0.5) is 26.3 Å². The lowest BCUT2D eigenvalue weighted by Crippen LogP contribution is -2.09. The lowest BCUT2D eigenvalue weighted by Gasteiger charge is -2.09. The second-order valence-electron chi connectivity index (χ2n) is 4.20. The fraction of sp³-hybridized carbons (Fsp3) is 0.143. The maximum absolute atomic E-state index is 12.4. The molecule has 119 valence electrons. The standard InChI is InChI=1S/C14H8F6P.H2O/c15-13(16,17)9-1-5-11(6-2-9)21-12-7-3-10(4-8-12)14(18,19)20;/h1-8H;1H2. The van der Waals surface area contributed by atoms with Gasteiger partial charge in [0.25, 0.3) is 0 Å². The Kier molecular flexibility index (Phi) is 5.59. The van der Waals surface area contributed by atoms with Gasteiger partial charge in [0.15, 0.2) is 0 Å². The van der Waals surface area contributed by atoms with Gasteiger partial charge in [-0.2, -0.15) is 26.3 Å². The van der Waals surface area contributed by atoms with Crippen LogP contribution in [-0.4, -0.2) is 5.48 Å². The van der Waals surface area contributed by atoms with Crippen LogP contribution in [0.2, 0.25) is 0 Å². The molecular weight excluding hydrogens is 329 g/mol. The Morgan fingerprint density at radius 2 is 0.818 bits per heavy atom. The first-order chi connectivity index (χ1) is 9.66. The molecule has 2 aromatic carbocycles. The molecule has 0 saturated carbocycles. The SMILES string of the molecule is FC(F)(F)c1ccc([P]c2ccc(C(F)(F)F)cc2)cc1.O. The number of alkyl halides is 6. The Labute approximate surface area is 124 Å². The summed E-state index contributed by atoms with van der Waals surface area (Å²) in [4.78, 5) is 0. The Hall–Kier alpha value is -1.59. The number of hydrogen-bond acceptors (Lipinski definition) is 0. The van der Waals surface area contributed by atoms with Crippen LogP contribution in [0, 0.1) is 0 Å². The van der Waals surface area contributed by atoms with Gasteiger partial charge < -0.3 is 5.48 Å². The molecule has 1 radical (unpaired) electrons. The summed E-state index contributed by atoms with van der Waals surface area (Å²) in [5.41, 5.74) is -1.51. The minimum atomic E-state index is -4.40. The normalized spacial score (nSPS) is 11.9. The first kappa shape index (κ1) is 18.5. The predicted molar refractivity (Wildman–Crippen MR) is 72.7 cm³/mol. The molecule has 2 N–H and O–H groups in total. The Morgan fingerprint density at radius 1 is 0.545 bits per heavy atom. The molecule has 0 aromatic heterocycles. The molecule has 2 aromatic rings.